The predicted molar refractivity (Wildman–Crippen MR) is 78.8 cm³/mol. The molecule has 3 rings (SSSR count). The molecule has 1 heterocycles. The maximum Gasteiger partial charge on any atom is 0.138 e. The van der Waals surface area contributed by atoms with Gasteiger partial charge in [-0.05, 0) is 23.8 Å². The van der Waals surface area contributed by atoms with Crippen molar-refractivity contribution in [2.24, 2.45) is 0 Å². The van der Waals surface area contributed by atoms with Gasteiger partial charge in [0.2, 0.25) is 0 Å². The Bertz CT molecular complexity index is 689. The molecule has 1 aromatic heterocycles. The smallest absolute Gasteiger partial charge is 0.138 e. The van der Waals surface area contributed by atoms with Crippen LogP contribution in [0.4, 0.5) is 0 Å². The number of aromatic amines is 1. The molecule has 1 N–H and O–H groups in total. The van der Waals surface area contributed by atoms with Gasteiger partial charge < -0.3 is 4.98 Å². The van der Waals surface area contributed by atoms with Crippen molar-refractivity contribution in [1.82, 2.24) is 9.97 Å². The third-order valence-electron chi connectivity index (χ3n) is 2.83. The number of benzene rings is 2. The first-order chi connectivity index (χ1) is 8.76. The minimum Gasteiger partial charge on any atom is -0.338 e. The Morgan fingerprint density at radius 2 is 1.89 bits per heavy atom. The van der Waals surface area contributed by atoms with E-state index in [0.717, 1.165) is 32.5 Å². The van der Waals surface area contributed by atoms with Crippen LogP contribution in [0.3, 0.4) is 0 Å². The lowest BCUT2D eigenvalue weighted by Gasteiger charge is -1.98. The van der Waals surface area contributed by atoms with E-state index in [4.69, 9.17) is 11.6 Å². The summed E-state index contributed by atoms with van der Waals surface area (Å²) < 4.78 is 1.04. The fourth-order valence-corrected chi connectivity index (χ4v) is 2.41. The summed E-state index contributed by atoms with van der Waals surface area (Å²) in [7, 11) is 0. The van der Waals surface area contributed by atoms with Gasteiger partial charge in [-0.2, -0.15) is 0 Å². The molecule has 0 aliphatic heterocycles. The SMILES string of the molecule is ClCc1ccc(-c2nc3ccc(Br)cc3[nH]2)cc1. The van der Waals surface area contributed by atoms with E-state index < -0.39 is 0 Å². The molecule has 4 heteroatoms. The highest BCUT2D eigenvalue weighted by atomic mass is 79.9. The lowest BCUT2D eigenvalue weighted by atomic mass is 10.1. The first kappa shape index (κ1) is 11.8. The Labute approximate surface area is 118 Å². The number of alkyl halides is 1. The molecule has 0 radical (unpaired) electrons. The number of rotatable bonds is 2. The number of nitrogens with one attached hydrogen (secondary N) is 1. The van der Waals surface area contributed by atoms with Gasteiger partial charge in [0.15, 0.2) is 0 Å². The van der Waals surface area contributed by atoms with Gasteiger partial charge >= 0.3 is 0 Å². The van der Waals surface area contributed by atoms with E-state index in [1.807, 2.05) is 42.5 Å². The van der Waals surface area contributed by atoms with Crippen LogP contribution in [-0.2, 0) is 5.88 Å². The number of imidazole rings is 1. The lowest BCUT2D eigenvalue weighted by Crippen LogP contribution is -1.82. The van der Waals surface area contributed by atoms with Crippen LogP contribution in [0.15, 0.2) is 46.9 Å². The second-order valence-electron chi connectivity index (χ2n) is 4.08. The van der Waals surface area contributed by atoms with Gasteiger partial charge in [0.05, 0.1) is 11.0 Å². The molecule has 0 aliphatic carbocycles. The summed E-state index contributed by atoms with van der Waals surface area (Å²) in [4.78, 5) is 7.89. The van der Waals surface area contributed by atoms with E-state index >= 15 is 0 Å². The quantitative estimate of drug-likeness (QED) is 0.679. The van der Waals surface area contributed by atoms with Crippen LogP contribution in [-0.4, -0.2) is 9.97 Å². The van der Waals surface area contributed by atoms with E-state index in [9.17, 15) is 0 Å². The van der Waals surface area contributed by atoms with Gasteiger partial charge in [0, 0.05) is 15.9 Å². The van der Waals surface area contributed by atoms with Crippen molar-refractivity contribution in [2.45, 2.75) is 5.88 Å². The van der Waals surface area contributed by atoms with Crippen LogP contribution < -0.4 is 0 Å². The summed E-state index contributed by atoms with van der Waals surface area (Å²) in [5.41, 5.74) is 4.17. The van der Waals surface area contributed by atoms with Gasteiger partial charge in [-0.3, -0.25) is 0 Å². The van der Waals surface area contributed by atoms with E-state index in [0.29, 0.717) is 5.88 Å². The third kappa shape index (κ3) is 2.16. The largest absolute Gasteiger partial charge is 0.338 e. The van der Waals surface area contributed by atoms with E-state index in [1.165, 1.54) is 0 Å². The minimum absolute atomic E-state index is 0.535. The molecule has 0 saturated heterocycles. The van der Waals surface area contributed by atoms with Crippen molar-refractivity contribution >= 4 is 38.6 Å². The molecule has 0 amide bonds. The van der Waals surface area contributed by atoms with Crippen LogP contribution in [0.25, 0.3) is 22.4 Å². The van der Waals surface area contributed by atoms with E-state index in [1.54, 1.807) is 0 Å². The summed E-state index contributed by atoms with van der Waals surface area (Å²) in [6.07, 6.45) is 0. The first-order valence-corrected chi connectivity index (χ1v) is 6.89. The standard InChI is InChI=1S/C14H10BrClN2/c15-11-5-6-12-13(7-11)18-14(17-12)10-3-1-9(8-16)2-4-10/h1-7H,8H2,(H,17,18). The Morgan fingerprint density at radius 1 is 1.11 bits per heavy atom. The number of fused-ring (bicyclic) bond motifs is 1. The third-order valence-corrected chi connectivity index (χ3v) is 3.63. The molecular weight excluding hydrogens is 312 g/mol. The van der Waals surface area contributed by atoms with Gasteiger partial charge in [0.1, 0.15) is 5.82 Å². The molecule has 90 valence electrons. The van der Waals surface area contributed by atoms with Crippen molar-refractivity contribution in [1.29, 1.82) is 0 Å². The van der Waals surface area contributed by atoms with Crippen LogP contribution in [0.2, 0.25) is 0 Å². The second kappa shape index (κ2) is 4.75. The minimum atomic E-state index is 0.535. The predicted octanol–water partition coefficient (Wildman–Crippen LogP) is 4.73. The van der Waals surface area contributed by atoms with Crippen molar-refractivity contribution in [3.8, 4) is 11.4 Å². The van der Waals surface area contributed by atoms with Gasteiger partial charge in [-0.1, -0.05) is 40.2 Å². The Balaban J connectivity index is 2.07. The average molecular weight is 322 g/mol. The van der Waals surface area contributed by atoms with Crippen LogP contribution in [0, 0.1) is 0 Å². The fraction of sp³-hybridized carbons (Fsp3) is 0.0714. The van der Waals surface area contributed by atoms with Gasteiger partial charge in [-0.25, -0.2) is 4.98 Å². The molecule has 0 bridgehead atoms. The topological polar surface area (TPSA) is 28.7 Å². The van der Waals surface area contributed by atoms with Crippen molar-refractivity contribution in [2.75, 3.05) is 0 Å². The molecule has 2 nitrogen and oxygen atoms in total. The molecule has 18 heavy (non-hydrogen) atoms. The van der Waals surface area contributed by atoms with E-state index in [-0.39, 0.29) is 0 Å². The number of H-pyrrole nitrogens is 1. The summed E-state index contributed by atoms with van der Waals surface area (Å²) in [6, 6.07) is 14.1. The molecule has 0 saturated carbocycles. The number of hydrogen-bond donors (Lipinski definition) is 1. The molecule has 0 spiro atoms. The maximum absolute atomic E-state index is 5.78. The number of nitrogens with zero attached hydrogens (tertiary/aromatic N) is 1. The highest BCUT2D eigenvalue weighted by Gasteiger charge is 2.05. The molecular formula is C14H10BrClN2. The Morgan fingerprint density at radius 3 is 2.61 bits per heavy atom. The Hall–Kier alpha value is -1.32. The van der Waals surface area contributed by atoms with Crippen LogP contribution >= 0.6 is 27.5 Å². The summed E-state index contributed by atoms with van der Waals surface area (Å²) >= 11 is 9.23. The number of aromatic nitrogens is 2. The molecule has 3 aromatic rings. The van der Waals surface area contributed by atoms with E-state index in [2.05, 4.69) is 25.9 Å². The first-order valence-electron chi connectivity index (χ1n) is 5.57. The zero-order valence-electron chi connectivity index (χ0n) is 9.45. The van der Waals surface area contributed by atoms with Gasteiger partial charge in [0.25, 0.3) is 0 Å². The monoisotopic (exact) mass is 320 g/mol. The number of halogens is 2. The maximum atomic E-state index is 5.78. The van der Waals surface area contributed by atoms with Crippen LogP contribution in [0.5, 0.6) is 0 Å². The summed E-state index contributed by atoms with van der Waals surface area (Å²) in [6.45, 7) is 0. The average Bonchev–Trinajstić information content (AvgIpc) is 2.81. The summed E-state index contributed by atoms with van der Waals surface area (Å²) in [5.74, 6) is 1.41. The molecule has 0 unspecified atom stereocenters. The van der Waals surface area contributed by atoms with Crippen molar-refractivity contribution in [3.63, 3.8) is 0 Å². The fourth-order valence-electron chi connectivity index (χ4n) is 1.87. The molecule has 0 aliphatic rings. The zero-order valence-corrected chi connectivity index (χ0v) is 11.8. The second-order valence-corrected chi connectivity index (χ2v) is 5.26. The van der Waals surface area contributed by atoms with Crippen molar-refractivity contribution < 1.29 is 0 Å². The zero-order chi connectivity index (χ0) is 12.5. The Kier molecular flexibility index (Phi) is 3.10. The summed E-state index contributed by atoms with van der Waals surface area (Å²) in [5, 5.41) is 0. The lowest BCUT2D eigenvalue weighted by molar-refractivity contribution is 1.32. The van der Waals surface area contributed by atoms with Crippen LogP contribution in [0.1, 0.15) is 5.56 Å². The normalized spacial score (nSPS) is 11.0. The number of hydrogen-bond acceptors (Lipinski definition) is 1. The molecule has 0 fully saturated rings. The molecule has 2 aromatic carbocycles. The van der Waals surface area contributed by atoms with Gasteiger partial charge in [-0.15, -0.1) is 11.6 Å². The molecule has 0 atom stereocenters. The highest BCUT2D eigenvalue weighted by Crippen LogP contribution is 2.23. The van der Waals surface area contributed by atoms with Crippen molar-refractivity contribution in [3.05, 3.63) is 52.5 Å². The highest BCUT2D eigenvalue weighted by molar-refractivity contribution is 9.10.